The van der Waals surface area contributed by atoms with Gasteiger partial charge in [-0.05, 0) is 122 Å². The number of rotatable bonds is 2. The first-order valence-electron chi connectivity index (χ1n) is 15.6. The Balaban J connectivity index is 1.26. The third-order valence-electron chi connectivity index (χ3n) is 13.3. The molecule has 0 aromatic carbocycles. The molecule has 182 valence electrons. The Morgan fingerprint density at radius 1 is 0.562 bits per heavy atom. The van der Waals surface area contributed by atoms with Gasteiger partial charge in [-0.1, -0.05) is 78.6 Å². The number of fused-ring (bicyclic) bond motifs is 6. The van der Waals surface area contributed by atoms with E-state index in [1.165, 1.54) is 6.42 Å². The van der Waals surface area contributed by atoms with Crippen molar-refractivity contribution in [2.45, 2.75) is 130 Å². The van der Waals surface area contributed by atoms with Crippen LogP contribution in [0.5, 0.6) is 0 Å². The second-order valence-corrected chi connectivity index (χ2v) is 14.7. The predicted octanol–water partition coefficient (Wildman–Crippen LogP) is 9.52. The molecule has 0 aromatic heterocycles. The van der Waals surface area contributed by atoms with Crippen LogP contribution >= 0.6 is 0 Å². The predicted molar refractivity (Wildman–Crippen MR) is 136 cm³/mol. The highest BCUT2D eigenvalue weighted by molar-refractivity contribution is 5.07. The molecule has 32 heavy (non-hydrogen) atoms. The molecule has 6 aliphatic rings. The van der Waals surface area contributed by atoms with Crippen molar-refractivity contribution in [3.63, 3.8) is 0 Å². The van der Waals surface area contributed by atoms with Gasteiger partial charge < -0.3 is 0 Å². The van der Waals surface area contributed by atoms with Crippen LogP contribution in [0.25, 0.3) is 0 Å². The summed E-state index contributed by atoms with van der Waals surface area (Å²) in [6.45, 7) is 7.95. The molecule has 0 heterocycles. The van der Waals surface area contributed by atoms with Gasteiger partial charge in [0.1, 0.15) is 0 Å². The van der Waals surface area contributed by atoms with Gasteiger partial charge in [-0.3, -0.25) is 0 Å². The lowest BCUT2D eigenvalue weighted by Crippen LogP contribution is -2.40. The van der Waals surface area contributed by atoms with Gasteiger partial charge in [0.05, 0.1) is 0 Å². The fourth-order valence-corrected chi connectivity index (χ4v) is 11.9. The highest BCUT2D eigenvalue weighted by atomic mass is 14.6. The second-order valence-electron chi connectivity index (χ2n) is 14.7. The molecule has 11 atom stereocenters. The van der Waals surface area contributed by atoms with Gasteiger partial charge in [0.15, 0.2) is 0 Å². The van der Waals surface area contributed by atoms with Crippen molar-refractivity contribution >= 4 is 0 Å². The van der Waals surface area contributed by atoms with Crippen LogP contribution < -0.4 is 0 Å². The minimum Gasteiger partial charge on any atom is -0.0651 e. The van der Waals surface area contributed by atoms with E-state index in [9.17, 15) is 0 Å². The molecule has 6 aliphatic carbocycles. The van der Waals surface area contributed by atoms with Crippen molar-refractivity contribution in [1.29, 1.82) is 0 Å². The van der Waals surface area contributed by atoms with Crippen LogP contribution in [0.3, 0.4) is 0 Å². The van der Waals surface area contributed by atoms with Gasteiger partial charge >= 0.3 is 0 Å². The molecule has 0 N–H and O–H groups in total. The van der Waals surface area contributed by atoms with E-state index in [1.807, 2.05) is 0 Å². The highest BCUT2D eigenvalue weighted by Gasteiger charge is 2.58. The summed E-state index contributed by atoms with van der Waals surface area (Å²) in [6, 6.07) is 0. The Morgan fingerprint density at radius 2 is 1.19 bits per heavy atom. The highest BCUT2D eigenvalue weighted by Crippen LogP contribution is 2.66. The lowest BCUT2D eigenvalue weighted by molar-refractivity contribution is 0.0129. The number of hydrogen-bond donors (Lipinski definition) is 0. The van der Waals surface area contributed by atoms with E-state index >= 15 is 0 Å². The van der Waals surface area contributed by atoms with Crippen molar-refractivity contribution < 1.29 is 0 Å². The van der Waals surface area contributed by atoms with Gasteiger partial charge in [-0.25, -0.2) is 0 Å². The Labute approximate surface area is 200 Å². The molecule has 0 amide bonds. The lowest BCUT2D eigenvalue weighted by Gasteiger charge is -2.48. The Hall–Kier alpha value is 0. The largest absolute Gasteiger partial charge is 0.0651 e. The SMILES string of the molecule is CCC1CCC2C3CCC(C4C5CCCCC(CC6CCCCC64)C5)CC3C(C)(C)C2C1. The number of hydrogen-bond acceptors (Lipinski definition) is 0. The van der Waals surface area contributed by atoms with Gasteiger partial charge in [0, 0.05) is 0 Å². The van der Waals surface area contributed by atoms with Crippen LogP contribution in [0, 0.1) is 70.5 Å². The molecule has 6 rings (SSSR count). The molecule has 0 spiro atoms. The molecule has 0 saturated heterocycles. The molecule has 0 radical (unpaired) electrons. The third kappa shape index (κ3) is 3.75. The van der Waals surface area contributed by atoms with E-state index in [0.717, 1.165) is 65.1 Å². The Morgan fingerprint density at radius 3 is 2.00 bits per heavy atom. The van der Waals surface area contributed by atoms with Gasteiger partial charge in [-0.15, -0.1) is 0 Å². The normalized spacial score (nSPS) is 52.8. The maximum Gasteiger partial charge on any atom is -0.0292 e. The van der Waals surface area contributed by atoms with Crippen LogP contribution in [0.1, 0.15) is 130 Å². The third-order valence-corrected chi connectivity index (χ3v) is 13.3. The fourth-order valence-electron chi connectivity index (χ4n) is 11.9. The minimum atomic E-state index is 0.616. The summed E-state index contributed by atoms with van der Waals surface area (Å²) < 4.78 is 0. The molecular formula is C32H54. The summed E-state index contributed by atoms with van der Waals surface area (Å²) in [6.07, 6.45) is 26.9. The van der Waals surface area contributed by atoms with Crippen LogP contribution in [0.4, 0.5) is 0 Å². The van der Waals surface area contributed by atoms with Crippen molar-refractivity contribution in [2.75, 3.05) is 0 Å². The fraction of sp³-hybridized carbons (Fsp3) is 1.00. The van der Waals surface area contributed by atoms with Gasteiger partial charge in [-0.2, -0.15) is 0 Å². The zero-order valence-corrected chi connectivity index (χ0v) is 21.9. The minimum absolute atomic E-state index is 0.616. The standard InChI is InChI=1S/C32H54/c1-4-21-13-15-27-28-16-14-25(20-30(28)32(2,3)29(27)19-21)31-24-11-6-5-9-22(18-24)17-23-10-7-8-12-26(23)31/h21-31H,4-20H2,1-3H3. The van der Waals surface area contributed by atoms with E-state index in [-0.39, 0.29) is 0 Å². The molecule has 6 fully saturated rings. The van der Waals surface area contributed by atoms with Crippen molar-refractivity contribution in [2.24, 2.45) is 70.5 Å². The summed E-state index contributed by atoms with van der Waals surface area (Å²) in [7, 11) is 0. The summed E-state index contributed by atoms with van der Waals surface area (Å²) in [4.78, 5) is 0. The second kappa shape index (κ2) is 8.90. The monoisotopic (exact) mass is 438 g/mol. The van der Waals surface area contributed by atoms with E-state index in [4.69, 9.17) is 0 Å². The Bertz CT molecular complexity index is 646. The molecule has 0 nitrogen and oxygen atoms in total. The van der Waals surface area contributed by atoms with Crippen LogP contribution in [-0.2, 0) is 0 Å². The van der Waals surface area contributed by atoms with Crippen molar-refractivity contribution in [3.8, 4) is 0 Å². The molecule has 0 heteroatoms. The smallest absolute Gasteiger partial charge is 0.0292 e. The zero-order valence-electron chi connectivity index (χ0n) is 21.9. The molecule has 0 aromatic rings. The van der Waals surface area contributed by atoms with Crippen molar-refractivity contribution in [1.82, 2.24) is 0 Å². The summed E-state index contributed by atoms with van der Waals surface area (Å²) >= 11 is 0. The molecule has 6 saturated carbocycles. The van der Waals surface area contributed by atoms with E-state index in [0.29, 0.717) is 5.41 Å². The first-order valence-corrected chi connectivity index (χ1v) is 15.6. The maximum atomic E-state index is 2.74. The molecule has 2 bridgehead atoms. The van der Waals surface area contributed by atoms with E-state index in [1.54, 1.807) is 103 Å². The van der Waals surface area contributed by atoms with Crippen LogP contribution in [-0.4, -0.2) is 0 Å². The van der Waals surface area contributed by atoms with Gasteiger partial charge in [0.25, 0.3) is 0 Å². The van der Waals surface area contributed by atoms with E-state index in [2.05, 4.69) is 20.8 Å². The molecule has 0 aliphatic heterocycles. The van der Waals surface area contributed by atoms with Crippen molar-refractivity contribution in [3.05, 3.63) is 0 Å². The average Bonchev–Trinajstić information content (AvgIpc) is 3.00. The summed E-state index contributed by atoms with van der Waals surface area (Å²) in [5.41, 5.74) is 0.616. The summed E-state index contributed by atoms with van der Waals surface area (Å²) in [5.74, 6) is 12.0. The topological polar surface area (TPSA) is 0 Å². The zero-order chi connectivity index (χ0) is 21.9. The van der Waals surface area contributed by atoms with Crippen LogP contribution in [0.2, 0.25) is 0 Å². The maximum absolute atomic E-state index is 2.74. The van der Waals surface area contributed by atoms with Crippen LogP contribution in [0.15, 0.2) is 0 Å². The lowest BCUT2D eigenvalue weighted by atomic mass is 9.57. The Kier molecular flexibility index (Phi) is 6.25. The quantitative estimate of drug-likeness (QED) is 0.402. The summed E-state index contributed by atoms with van der Waals surface area (Å²) in [5, 5.41) is 0. The van der Waals surface area contributed by atoms with E-state index < -0.39 is 0 Å². The van der Waals surface area contributed by atoms with Gasteiger partial charge in [0.2, 0.25) is 0 Å². The first kappa shape index (κ1) is 22.5. The molecule has 11 unspecified atom stereocenters. The average molecular weight is 439 g/mol. The molecular weight excluding hydrogens is 384 g/mol. The first-order chi connectivity index (χ1) is 15.6.